The third-order valence-corrected chi connectivity index (χ3v) is 9.60. The molecule has 0 bridgehead atoms. The van der Waals surface area contributed by atoms with E-state index < -0.39 is 29.5 Å². The molecule has 3 N–H and O–H groups in total. The number of carbonyl (C=O) groups is 2. The van der Waals surface area contributed by atoms with Crippen molar-refractivity contribution in [2.75, 3.05) is 11.5 Å². The Labute approximate surface area is 221 Å². The van der Waals surface area contributed by atoms with E-state index in [9.17, 15) is 19.1 Å². The number of nitrogens with one attached hydrogen (secondary N) is 2. The standard InChI is InChI=1S/C28H36FN3O4S/c1-17-4-3-5-22(27(17,2)35)25(34)31-19-6-10-28(11-7-19)15-23(28)32-24(33)21-14-18(29)16-30-26(21)36-20-8-12-37-13-9-20/h3-5,14,16,19-20,22,26,30,35H,6-13,15H2,1-2H3,(H,31,34). The molecule has 7 nitrogen and oxygen atoms in total. The van der Waals surface area contributed by atoms with Gasteiger partial charge in [0.15, 0.2) is 6.23 Å². The van der Waals surface area contributed by atoms with E-state index in [4.69, 9.17) is 4.74 Å². The van der Waals surface area contributed by atoms with Crippen LogP contribution in [0.25, 0.3) is 0 Å². The normalized spacial score (nSPS) is 36.9. The highest BCUT2D eigenvalue weighted by Gasteiger charge is 2.53. The van der Waals surface area contributed by atoms with Crippen LogP contribution in [0.1, 0.15) is 58.8 Å². The molecule has 0 aromatic carbocycles. The number of halogens is 1. The fourth-order valence-corrected chi connectivity index (χ4v) is 6.81. The number of allylic oxidation sites excluding steroid dienone is 4. The quantitative estimate of drug-likeness (QED) is 0.500. The van der Waals surface area contributed by atoms with Crippen molar-refractivity contribution in [2.45, 2.75) is 82.8 Å². The number of hydrogen-bond donors (Lipinski definition) is 3. The Hall–Kier alpha value is -2.23. The Bertz CT molecular complexity index is 1090. The van der Waals surface area contributed by atoms with Crippen LogP contribution >= 0.6 is 11.8 Å². The molecule has 1 saturated heterocycles. The Balaban J connectivity index is 1.16. The summed E-state index contributed by atoms with van der Waals surface area (Å²) in [5, 5.41) is 16.8. The molecule has 5 aliphatic rings. The van der Waals surface area contributed by atoms with E-state index in [1.807, 2.05) is 30.8 Å². The number of rotatable bonds is 5. The lowest BCUT2D eigenvalue weighted by Crippen LogP contribution is -2.49. The van der Waals surface area contributed by atoms with Gasteiger partial charge in [-0.2, -0.15) is 11.8 Å². The molecule has 3 aliphatic carbocycles. The fraction of sp³-hybridized carbons (Fsp3) is 0.607. The smallest absolute Gasteiger partial charge is 0.277 e. The zero-order chi connectivity index (χ0) is 26.2. The lowest BCUT2D eigenvalue weighted by atomic mass is 9.78. The van der Waals surface area contributed by atoms with E-state index in [1.54, 1.807) is 13.0 Å². The summed E-state index contributed by atoms with van der Waals surface area (Å²) in [5.74, 6) is 0.315. The molecule has 3 atom stereocenters. The van der Waals surface area contributed by atoms with Gasteiger partial charge in [0.05, 0.1) is 23.2 Å². The highest BCUT2D eigenvalue weighted by Crippen LogP contribution is 2.54. The lowest BCUT2D eigenvalue weighted by Gasteiger charge is -2.35. The molecule has 2 aliphatic heterocycles. The molecule has 37 heavy (non-hydrogen) atoms. The van der Waals surface area contributed by atoms with Gasteiger partial charge in [0.2, 0.25) is 5.91 Å². The summed E-state index contributed by atoms with van der Waals surface area (Å²) in [4.78, 5) is 30.4. The Morgan fingerprint density at radius 1 is 1.24 bits per heavy atom. The predicted molar refractivity (Wildman–Crippen MR) is 143 cm³/mol. The van der Waals surface area contributed by atoms with Crippen LogP contribution in [0.15, 0.2) is 52.5 Å². The Morgan fingerprint density at radius 2 is 1.97 bits per heavy atom. The van der Waals surface area contributed by atoms with E-state index >= 15 is 0 Å². The van der Waals surface area contributed by atoms with Gasteiger partial charge in [-0.05, 0) is 81.9 Å². The van der Waals surface area contributed by atoms with E-state index in [0.29, 0.717) is 0 Å². The first kappa shape index (κ1) is 26.4. The molecule has 9 heteroatoms. The molecule has 2 saturated carbocycles. The van der Waals surface area contributed by atoms with Crippen molar-refractivity contribution in [1.29, 1.82) is 0 Å². The summed E-state index contributed by atoms with van der Waals surface area (Å²) >= 11 is 1.89. The van der Waals surface area contributed by atoms with Gasteiger partial charge in [-0.25, -0.2) is 9.38 Å². The zero-order valence-electron chi connectivity index (χ0n) is 21.5. The highest BCUT2D eigenvalue weighted by atomic mass is 32.2. The number of ether oxygens (including phenoxy) is 1. The molecule has 0 aromatic rings. The molecular formula is C28H36FN3O4S. The maximum atomic E-state index is 14.0. The first-order chi connectivity index (χ1) is 17.7. The first-order valence-electron chi connectivity index (χ1n) is 13.3. The first-order valence-corrected chi connectivity index (χ1v) is 14.4. The Kier molecular flexibility index (Phi) is 7.49. The third-order valence-electron chi connectivity index (χ3n) is 8.55. The van der Waals surface area contributed by atoms with Crippen molar-refractivity contribution in [3.05, 3.63) is 47.5 Å². The van der Waals surface area contributed by atoms with Gasteiger partial charge < -0.3 is 20.5 Å². The maximum Gasteiger partial charge on any atom is 0.277 e. The van der Waals surface area contributed by atoms with Gasteiger partial charge in [0.25, 0.3) is 5.91 Å². The zero-order valence-corrected chi connectivity index (χ0v) is 22.3. The minimum Gasteiger partial charge on any atom is -0.385 e. The summed E-state index contributed by atoms with van der Waals surface area (Å²) in [6.45, 7) is 3.51. The van der Waals surface area contributed by atoms with Crippen molar-refractivity contribution >= 4 is 29.3 Å². The minimum atomic E-state index is -1.19. The molecule has 0 aromatic heterocycles. The van der Waals surface area contributed by atoms with Gasteiger partial charge in [-0.3, -0.25) is 9.59 Å². The molecule has 1 spiro atoms. The van der Waals surface area contributed by atoms with Crippen molar-refractivity contribution in [2.24, 2.45) is 16.3 Å². The van der Waals surface area contributed by atoms with Gasteiger partial charge >= 0.3 is 0 Å². The summed E-state index contributed by atoms with van der Waals surface area (Å²) in [5.41, 5.74) is 0.557. The number of thioether (sulfide) groups is 1. The number of dihydropyridines is 1. The second-order valence-electron chi connectivity index (χ2n) is 11.1. The molecular weight excluding hydrogens is 493 g/mol. The van der Waals surface area contributed by atoms with E-state index in [0.717, 1.165) is 67.7 Å². The van der Waals surface area contributed by atoms with Crippen LogP contribution in [0.4, 0.5) is 4.39 Å². The fourth-order valence-electron chi connectivity index (χ4n) is 5.75. The predicted octanol–water partition coefficient (Wildman–Crippen LogP) is 3.87. The van der Waals surface area contributed by atoms with Crippen LogP contribution < -0.4 is 10.6 Å². The highest BCUT2D eigenvalue weighted by molar-refractivity contribution is 7.99. The average Bonchev–Trinajstić information content (AvgIpc) is 3.54. The second-order valence-corrected chi connectivity index (χ2v) is 12.3. The SMILES string of the molecule is CC1=CC=CC(C(=O)NC2CCC3(CC2)CC3=NC(=O)C2=CC(F)=CNC2OC2CCSCC2)C1(C)O. The lowest BCUT2D eigenvalue weighted by molar-refractivity contribution is -0.130. The van der Waals surface area contributed by atoms with Gasteiger partial charge in [-0.15, -0.1) is 0 Å². The van der Waals surface area contributed by atoms with Gasteiger partial charge in [0, 0.05) is 23.4 Å². The number of amides is 2. The number of aliphatic imine (C=N–C) groups is 1. The van der Waals surface area contributed by atoms with Crippen LogP contribution in [-0.2, 0) is 14.3 Å². The average molecular weight is 530 g/mol. The number of hydrogen-bond acceptors (Lipinski definition) is 6. The van der Waals surface area contributed by atoms with Crippen molar-refractivity contribution in [1.82, 2.24) is 10.6 Å². The van der Waals surface area contributed by atoms with Crippen molar-refractivity contribution in [3.63, 3.8) is 0 Å². The molecule has 0 radical (unpaired) electrons. The van der Waals surface area contributed by atoms with Gasteiger partial charge in [0.1, 0.15) is 5.83 Å². The van der Waals surface area contributed by atoms with Crippen molar-refractivity contribution in [3.8, 4) is 0 Å². The molecule has 2 heterocycles. The van der Waals surface area contributed by atoms with Crippen LogP contribution in [0, 0.1) is 11.3 Å². The second kappa shape index (κ2) is 10.5. The van der Waals surface area contributed by atoms with E-state index in [-0.39, 0.29) is 29.0 Å². The summed E-state index contributed by atoms with van der Waals surface area (Å²) in [6, 6.07) is 0.0296. The van der Waals surface area contributed by atoms with Crippen LogP contribution in [0.5, 0.6) is 0 Å². The van der Waals surface area contributed by atoms with Gasteiger partial charge in [-0.1, -0.05) is 18.2 Å². The Morgan fingerprint density at radius 3 is 2.70 bits per heavy atom. The summed E-state index contributed by atoms with van der Waals surface area (Å²) in [6.07, 6.45) is 13.1. The van der Waals surface area contributed by atoms with Crippen molar-refractivity contribution < 1.29 is 23.8 Å². The third kappa shape index (κ3) is 5.64. The topological polar surface area (TPSA) is 100 Å². The number of aliphatic hydroxyl groups is 1. The van der Waals surface area contributed by atoms with E-state index in [1.165, 1.54) is 12.3 Å². The summed E-state index contributed by atoms with van der Waals surface area (Å²) < 4.78 is 20.1. The molecule has 3 unspecified atom stereocenters. The summed E-state index contributed by atoms with van der Waals surface area (Å²) in [7, 11) is 0. The monoisotopic (exact) mass is 529 g/mol. The molecule has 200 valence electrons. The van der Waals surface area contributed by atoms with Crippen LogP contribution in [-0.4, -0.2) is 58.1 Å². The molecule has 2 amide bonds. The number of nitrogens with zero attached hydrogens (tertiary/aromatic N) is 1. The van der Waals surface area contributed by atoms with E-state index in [2.05, 4.69) is 15.6 Å². The largest absolute Gasteiger partial charge is 0.385 e. The van der Waals surface area contributed by atoms with Crippen LogP contribution in [0.3, 0.4) is 0 Å². The van der Waals surface area contributed by atoms with Crippen LogP contribution in [0.2, 0.25) is 0 Å². The molecule has 3 fully saturated rings. The minimum absolute atomic E-state index is 0.0296. The molecule has 5 rings (SSSR count). The number of carbonyl (C=O) groups excluding carboxylic acids is 2. The maximum absolute atomic E-state index is 14.0.